The molecule has 0 amide bonds. The summed E-state index contributed by atoms with van der Waals surface area (Å²) in [5.74, 6) is 0.724. The van der Waals surface area contributed by atoms with Gasteiger partial charge >= 0.3 is 0 Å². The van der Waals surface area contributed by atoms with E-state index in [2.05, 4.69) is 13.0 Å². The third-order valence-electron chi connectivity index (χ3n) is 2.18. The molecule has 1 rings (SSSR count). The van der Waals surface area contributed by atoms with Gasteiger partial charge < -0.3 is 0 Å². The lowest BCUT2D eigenvalue weighted by molar-refractivity contribution is -0.110. The molecular weight excluding hydrogens is 148 g/mol. The maximum Gasteiger partial charge on any atom is 0.178 e. The normalized spacial score (nSPS) is 22.8. The van der Waals surface area contributed by atoms with Crippen molar-refractivity contribution in [3.8, 4) is 0 Å². The highest BCUT2D eigenvalue weighted by molar-refractivity contribution is 5.99. The Hall–Kier alpha value is -0.850. The quantitative estimate of drug-likeness (QED) is 0.626. The molecule has 0 fully saturated rings. The Balaban J connectivity index is 2.41. The van der Waals surface area contributed by atoms with Crippen LogP contribution in [0.3, 0.4) is 0 Å². The van der Waals surface area contributed by atoms with E-state index in [0.29, 0.717) is 5.92 Å². The smallest absolute Gasteiger partial charge is 0.178 e. The fraction of sp³-hybridized carbons (Fsp3) is 0.545. The molecule has 0 heterocycles. The fourth-order valence-electron chi connectivity index (χ4n) is 1.40. The maximum atomic E-state index is 10.9. The second-order valence-corrected chi connectivity index (χ2v) is 3.30. The van der Waals surface area contributed by atoms with Crippen molar-refractivity contribution in [2.24, 2.45) is 5.92 Å². The third kappa shape index (κ3) is 3.04. The Morgan fingerprint density at radius 3 is 3.08 bits per heavy atom. The molecule has 1 aliphatic carbocycles. The zero-order chi connectivity index (χ0) is 8.81. The Morgan fingerprint density at radius 2 is 2.33 bits per heavy atom. The van der Waals surface area contributed by atoms with Gasteiger partial charge in [0.1, 0.15) is 0 Å². The minimum atomic E-state index is 0.133. The van der Waals surface area contributed by atoms with Crippen molar-refractivity contribution in [3.05, 3.63) is 24.3 Å². The lowest BCUT2D eigenvalue weighted by atomic mass is 9.99. The van der Waals surface area contributed by atoms with Crippen LogP contribution in [0.15, 0.2) is 24.3 Å². The minimum absolute atomic E-state index is 0.133. The van der Waals surface area contributed by atoms with Crippen LogP contribution in [0.2, 0.25) is 0 Å². The zero-order valence-corrected chi connectivity index (χ0v) is 7.62. The molecule has 0 aromatic carbocycles. The van der Waals surface area contributed by atoms with Gasteiger partial charge in [-0.1, -0.05) is 31.9 Å². The zero-order valence-electron chi connectivity index (χ0n) is 7.62. The Morgan fingerprint density at radius 1 is 1.50 bits per heavy atom. The van der Waals surface area contributed by atoms with Crippen LogP contribution in [0.1, 0.15) is 32.6 Å². The molecule has 1 atom stereocenters. The molecule has 0 aromatic rings. The third-order valence-corrected chi connectivity index (χ3v) is 2.18. The van der Waals surface area contributed by atoms with E-state index in [9.17, 15) is 4.79 Å². The first kappa shape index (κ1) is 9.24. The van der Waals surface area contributed by atoms with E-state index in [1.807, 2.05) is 6.08 Å². The summed E-state index contributed by atoms with van der Waals surface area (Å²) < 4.78 is 0. The second-order valence-electron chi connectivity index (χ2n) is 3.30. The van der Waals surface area contributed by atoms with Crippen molar-refractivity contribution in [2.45, 2.75) is 32.6 Å². The van der Waals surface area contributed by atoms with Gasteiger partial charge in [-0.2, -0.15) is 0 Å². The number of ketones is 1. The number of hydrogen-bond acceptors (Lipinski definition) is 1. The predicted molar refractivity (Wildman–Crippen MR) is 50.9 cm³/mol. The molecule has 0 aromatic heterocycles. The van der Waals surface area contributed by atoms with Crippen LogP contribution in [-0.4, -0.2) is 5.78 Å². The van der Waals surface area contributed by atoms with Gasteiger partial charge in [-0.3, -0.25) is 4.79 Å². The van der Waals surface area contributed by atoms with Crippen molar-refractivity contribution >= 4 is 5.78 Å². The molecule has 1 heteroatoms. The number of carbonyl (C=O) groups is 1. The van der Waals surface area contributed by atoms with Crippen LogP contribution in [-0.2, 0) is 4.79 Å². The van der Waals surface area contributed by atoms with E-state index in [1.54, 1.807) is 12.2 Å². The van der Waals surface area contributed by atoms with Crippen LogP contribution < -0.4 is 0 Å². The van der Waals surface area contributed by atoms with Crippen molar-refractivity contribution in [1.82, 2.24) is 0 Å². The first-order valence-corrected chi connectivity index (χ1v) is 4.71. The van der Waals surface area contributed by atoms with Gasteiger partial charge in [0.25, 0.3) is 0 Å². The summed E-state index contributed by atoms with van der Waals surface area (Å²) in [4.78, 5) is 10.9. The number of unbranched alkanes of at least 4 members (excludes halogenated alkanes) is 1. The van der Waals surface area contributed by atoms with Crippen molar-refractivity contribution in [3.63, 3.8) is 0 Å². The molecule has 0 spiro atoms. The van der Waals surface area contributed by atoms with Crippen LogP contribution in [0.4, 0.5) is 0 Å². The molecular formula is C11H16O. The highest BCUT2D eigenvalue weighted by Crippen LogP contribution is 2.16. The minimum Gasteiger partial charge on any atom is -0.290 e. The van der Waals surface area contributed by atoms with E-state index >= 15 is 0 Å². The highest BCUT2D eigenvalue weighted by Gasteiger charge is 2.05. The Kier molecular flexibility index (Phi) is 3.78. The van der Waals surface area contributed by atoms with E-state index in [1.165, 1.54) is 19.3 Å². The molecule has 12 heavy (non-hydrogen) atoms. The van der Waals surface area contributed by atoms with Gasteiger partial charge in [-0.15, -0.1) is 0 Å². The maximum absolute atomic E-state index is 10.9. The molecule has 0 bridgehead atoms. The molecule has 66 valence electrons. The summed E-state index contributed by atoms with van der Waals surface area (Å²) >= 11 is 0. The molecule has 1 nitrogen and oxygen atoms in total. The van der Waals surface area contributed by atoms with Gasteiger partial charge in [0.15, 0.2) is 5.78 Å². The van der Waals surface area contributed by atoms with Crippen molar-refractivity contribution < 1.29 is 4.79 Å². The van der Waals surface area contributed by atoms with Gasteiger partial charge in [0.2, 0.25) is 0 Å². The highest BCUT2D eigenvalue weighted by atomic mass is 16.1. The standard InChI is InChI=1S/C11H16O/c1-2-3-5-10-6-4-7-11(12)9-8-10/h4,7-10H,2-3,5-6H2,1H3. The van der Waals surface area contributed by atoms with Gasteiger partial charge in [-0.25, -0.2) is 0 Å². The SMILES string of the molecule is CCCCC1C=CC(=O)C=CC1. The van der Waals surface area contributed by atoms with Crippen LogP contribution in [0, 0.1) is 5.92 Å². The summed E-state index contributed by atoms with van der Waals surface area (Å²) in [6.45, 7) is 2.20. The molecule has 0 aliphatic heterocycles. The first-order valence-electron chi connectivity index (χ1n) is 4.71. The molecule has 0 saturated heterocycles. The number of carbonyl (C=O) groups excluding carboxylic acids is 1. The first-order chi connectivity index (χ1) is 5.83. The average molecular weight is 164 g/mol. The number of rotatable bonds is 3. The summed E-state index contributed by atoms with van der Waals surface area (Å²) in [6, 6.07) is 0. The summed E-state index contributed by atoms with van der Waals surface area (Å²) in [5.41, 5.74) is 0. The summed E-state index contributed by atoms with van der Waals surface area (Å²) in [6.07, 6.45) is 12.2. The van der Waals surface area contributed by atoms with Crippen LogP contribution >= 0.6 is 0 Å². The molecule has 0 N–H and O–H groups in total. The van der Waals surface area contributed by atoms with Gasteiger partial charge in [0, 0.05) is 0 Å². The second kappa shape index (κ2) is 4.91. The number of hydrogen-bond donors (Lipinski definition) is 0. The van der Waals surface area contributed by atoms with E-state index in [-0.39, 0.29) is 5.78 Å². The lowest BCUT2D eigenvalue weighted by Crippen LogP contribution is -1.93. The van der Waals surface area contributed by atoms with Crippen LogP contribution in [0.5, 0.6) is 0 Å². The van der Waals surface area contributed by atoms with E-state index in [4.69, 9.17) is 0 Å². The lowest BCUT2D eigenvalue weighted by Gasteiger charge is -2.06. The van der Waals surface area contributed by atoms with Gasteiger partial charge in [-0.05, 0) is 30.9 Å². The summed E-state index contributed by atoms with van der Waals surface area (Å²) in [5, 5.41) is 0. The van der Waals surface area contributed by atoms with E-state index in [0.717, 1.165) is 6.42 Å². The monoisotopic (exact) mass is 164 g/mol. The Labute approximate surface area is 74.2 Å². The Bertz CT molecular complexity index is 201. The number of allylic oxidation sites excluding steroid dienone is 4. The predicted octanol–water partition coefficient (Wildman–Crippen LogP) is 2.88. The largest absolute Gasteiger partial charge is 0.290 e. The topological polar surface area (TPSA) is 17.1 Å². The van der Waals surface area contributed by atoms with Crippen LogP contribution in [0.25, 0.3) is 0 Å². The van der Waals surface area contributed by atoms with Crippen molar-refractivity contribution in [1.29, 1.82) is 0 Å². The summed E-state index contributed by atoms with van der Waals surface area (Å²) in [7, 11) is 0. The molecule has 0 radical (unpaired) electrons. The molecule has 1 unspecified atom stereocenters. The van der Waals surface area contributed by atoms with E-state index < -0.39 is 0 Å². The molecule has 0 saturated carbocycles. The van der Waals surface area contributed by atoms with Crippen molar-refractivity contribution in [2.75, 3.05) is 0 Å². The van der Waals surface area contributed by atoms with Gasteiger partial charge in [0.05, 0.1) is 0 Å². The molecule has 1 aliphatic rings. The average Bonchev–Trinajstić information content (AvgIpc) is 2.27. The fourth-order valence-corrected chi connectivity index (χ4v) is 1.40.